The third-order valence-corrected chi connectivity index (χ3v) is 6.24. The molecule has 1 aromatic heterocycles. The Kier molecular flexibility index (Phi) is 6.22. The van der Waals surface area contributed by atoms with E-state index >= 15 is 0 Å². The first kappa shape index (κ1) is 21.7. The van der Waals surface area contributed by atoms with Crippen LogP contribution < -0.4 is 10.1 Å². The highest BCUT2D eigenvalue weighted by molar-refractivity contribution is 6.31. The van der Waals surface area contributed by atoms with Gasteiger partial charge in [-0.1, -0.05) is 30.7 Å². The number of carbonyl (C=O) groups excluding carboxylic acids is 1. The largest absolute Gasteiger partial charge is 0.486 e. The van der Waals surface area contributed by atoms with Crippen LogP contribution in [-0.2, 0) is 6.42 Å². The molecular formula is C22H26ClN5O3. The molecular weight excluding hydrogens is 418 g/mol. The van der Waals surface area contributed by atoms with Crippen LogP contribution in [0.1, 0.15) is 40.4 Å². The van der Waals surface area contributed by atoms with Gasteiger partial charge < -0.3 is 25.5 Å². The number of hydrogen-bond acceptors (Lipinski definition) is 7. The van der Waals surface area contributed by atoms with Gasteiger partial charge in [0.25, 0.3) is 5.91 Å². The fraction of sp³-hybridized carbons (Fsp3) is 0.455. The van der Waals surface area contributed by atoms with Gasteiger partial charge in [-0.05, 0) is 25.5 Å². The van der Waals surface area contributed by atoms with Crippen molar-refractivity contribution >= 4 is 23.2 Å². The third-order valence-electron chi connectivity index (χ3n) is 5.75. The maximum absolute atomic E-state index is 13.3. The SMILES string of the molecule is CCc1nc(C2CN(C(=O)c3ccccc3OC3CNCC3O)CC2=N)nc(C)c1Cl. The summed E-state index contributed by atoms with van der Waals surface area (Å²) in [7, 11) is 0. The highest BCUT2D eigenvalue weighted by Gasteiger charge is 2.36. The minimum atomic E-state index is -0.620. The molecule has 3 atom stereocenters. The zero-order valence-corrected chi connectivity index (χ0v) is 18.3. The minimum absolute atomic E-state index is 0.206. The van der Waals surface area contributed by atoms with Crippen molar-refractivity contribution in [2.75, 3.05) is 26.2 Å². The number of nitrogens with zero attached hydrogens (tertiary/aromatic N) is 3. The molecule has 2 aliphatic heterocycles. The maximum atomic E-state index is 13.3. The molecule has 164 valence electrons. The van der Waals surface area contributed by atoms with Gasteiger partial charge in [-0.2, -0.15) is 0 Å². The number of benzene rings is 1. The number of aryl methyl sites for hydroxylation is 2. The van der Waals surface area contributed by atoms with Crippen LogP contribution in [-0.4, -0.2) is 70.0 Å². The Hall–Kier alpha value is -2.55. The summed E-state index contributed by atoms with van der Waals surface area (Å²) in [4.78, 5) is 24.0. The Morgan fingerprint density at radius 2 is 2.13 bits per heavy atom. The number of rotatable bonds is 5. The summed E-state index contributed by atoms with van der Waals surface area (Å²) < 4.78 is 5.94. The van der Waals surface area contributed by atoms with Crippen LogP contribution >= 0.6 is 11.6 Å². The monoisotopic (exact) mass is 443 g/mol. The number of β-amino-alcohol motifs (C(OH)–C–C–N with tert-alkyl or cyclic N) is 1. The number of ether oxygens (including phenoxy) is 1. The molecule has 0 aliphatic carbocycles. The van der Waals surface area contributed by atoms with Crippen molar-refractivity contribution in [2.45, 2.75) is 38.4 Å². The topological polar surface area (TPSA) is 111 Å². The molecule has 8 nitrogen and oxygen atoms in total. The van der Waals surface area contributed by atoms with E-state index in [-0.39, 0.29) is 18.4 Å². The van der Waals surface area contributed by atoms with Gasteiger partial charge in [-0.3, -0.25) is 4.79 Å². The van der Waals surface area contributed by atoms with Gasteiger partial charge in [-0.25, -0.2) is 9.97 Å². The van der Waals surface area contributed by atoms with Crippen molar-refractivity contribution in [1.82, 2.24) is 20.2 Å². The normalized spacial score (nSPS) is 23.4. The second-order valence-corrected chi connectivity index (χ2v) is 8.30. The number of hydrogen-bond donors (Lipinski definition) is 3. The van der Waals surface area contributed by atoms with E-state index in [4.69, 9.17) is 21.7 Å². The van der Waals surface area contributed by atoms with Gasteiger partial charge in [0.05, 0.1) is 34.4 Å². The van der Waals surface area contributed by atoms with Gasteiger partial charge in [0.2, 0.25) is 0 Å². The van der Waals surface area contributed by atoms with Gasteiger partial charge in [0, 0.05) is 25.3 Å². The number of likely N-dealkylation sites (tertiary alicyclic amines) is 1. The molecule has 3 unspecified atom stereocenters. The lowest BCUT2D eigenvalue weighted by atomic mass is 10.1. The average molecular weight is 444 g/mol. The van der Waals surface area contributed by atoms with E-state index in [2.05, 4.69) is 15.3 Å². The second-order valence-electron chi connectivity index (χ2n) is 7.92. The van der Waals surface area contributed by atoms with Crippen molar-refractivity contribution in [3.05, 3.63) is 52.1 Å². The zero-order valence-electron chi connectivity index (χ0n) is 17.6. The Morgan fingerprint density at radius 1 is 1.35 bits per heavy atom. The molecule has 3 heterocycles. The highest BCUT2D eigenvalue weighted by Crippen LogP contribution is 2.29. The summed E-state index contributed by atoms with van der Waals surface area (Å²) in [6.45, 7) is 5.32. The van der Waals surface area contributed by atoms with Crippen LogP contribution in [0.15, 0.2) is 24.3 Å². The molecule has 0 saturated carbocycles. The van der Waals surface area contributed by atoms with Crippen LogP contribution in [0.25, 0.3) is 0 Å². The standard InChI is InChI=1S/C22H26ClN5O3/c1-3-16-20(23)12(2)26-21(27-16)14-10-28(11-15(14)24)22(30)13-6-4-5-7-18(13)31-19-9-25-8-17(19)29/h4-7,14,17,19,24-25,29H,3,8-11H2,1-2H3. The van der Waals surface area contributed by atoms with E-state index in [1.807, 2.05) is 13.8 Å². The lowest BCUT2D eigenvalue weighted by Gasteiger charge is -2.21. The molecule has 31 heavy (non-hydrogen) atoms. The molecule has 3 N–H and O–H groups in total. The second kappa shape index (κ2) is 8.90. The van der Waals surface area contributed by atoms with Crippen molar-refractivity contribution in [3.63, 3.8) is 0 Å². The Balaban J connectivity index is 1.55. The molecule has 0 radical (unpaired) electrons. The van der Waals surface area contributed by atoms with E-state index in [0.29, 0.717) is 59.6 Å². The summed E-state index contributed by atoms with van der Waals surface area (Å²) in [6, 6.07) is 7.02. The molecule has 4 rings (SSSR count). The molecule has 2 saturated heterocycles. The first-order valence-electron chi connectivity index (χ1n) is 10.4. The number of aliphatic hydroxyl groups excluding tert-OH is 1. The number of nitrogens with one attached hydrogen (secondary N) is 2. The molecule has 1 aromatic carbocycles. The van der Waals surface area contributed by atoms with E-state index in [1.54, 1.807) is 29.2 Å². The lowest BCUT2D eigenvalue weighted by Crippen LogP contribution is -2.32. The van der Waals surface area contributed by atoms with E-state index < -0.39 is 12.2 Å². The van der Waals surface area contributed by atoms with Crippen LogP contribution in [0.3, 0.4) is 0 Å². The van der Waals surface area contributed by atoms with Crippen molar-refractivity contribution in [2.24, 2.45) is 0 Å². The van der Waals surface area contributed by atoms with Gasteiger partial charge >= 0.3 is 0 Å². The third kappa shape index (κ3) is 4.28. The predicted octanol–water partition coefficient (Wildman–Crippen LogP) is 1.97. The fourth-order valence-electron chi connectivity index (χ4n) is 3.98. The fourth-order valence-corrected chi connectivity index (χ4v) is 4.19. The molecule has 2 aliphatic rings. The number of aliphatic hydroxyl groups is 1. The molecule has 0 spiro atoms. The lowest BCUT2D eigenvalue weighted by molar-refractivity contribution is 0.0686. The molecule has 1 amide bonds. The van der Waals surface area contributed by atoms with Crippen molar-refractivity contribution in [1.29, 1.82) is 5.41 Å². The quantitative estimate of drug-likeness (QED) is 0.651. The maximum Gasteiger partial charge on any atom is 0.257 e. The summed E-state index contributed by atoms with van der Waals surface area (Å²) in [5.74, 6) is 0.384. The number of halogens is 1. The summed E-state index contributed by atoms with van der Waals surface area (Å²) >= 11 is 6.29. The Bertz CT molecular complexity index is 1010. The van der Waals surface area contributed by atoms with Gasteiger partial charge in [-0.15, -0.1) is 0 Å². The first-order valence-corrected chi connectivity index (χ1v) is 10.8. The number of para-hydroxylation sites is 1. The molecule has 9 heteroatoms. The smallest absolute Gasteiger partial charge is 0.257 e. The number of carbonyl (C=O) groups is 1. The summed E-state index contributed by atoms with van der Waals surface area (Å²) in [5.41, 5.74) is 2.25. The summed E-state index contributed by atoms with van der Waals surface area (Å²) in [5, 5.41) is 22.1. The van der Waals surface area contributed by atoms with Crippen LogP contribution in [0.4, 0.5) is 0 Å². The van der Waals surface area contributed by atoms with Crippen LogP contribution in [0, 0.1) is 12.3 Å². The summed E-state index contributed by atoms with van der Waals surface area (Å²) in [6.07, 6.45) is -0.355. The Labute approximate surface area is 186 Å². The number of amides is 1. The molecule has 0 bridgehead atoms. The van der Waals surface area contributed by atoms with E-state index in [1.165, 1.54) is 0 Å². The highest BCUT2D eigenvalue weighted by atomic mass is 35.5. The van der Waals surface area contributed by atoms with E-state index in [9.17, 15) is 9.90 Å². The molecule has 2 aromatic rings. The van der Waals surface area contributed by atoms with E-state index in [0.717, 1.165) is 5.69 Å². The molecule has 2 fully saturated rings. The van der Waals surface area contributed by atoms with Crippen molar-refractivity contribution < 1.29 is 14.6 Å². The zero-order chi connectivity index (χ0) is 22.1. The minimum Gasteiger partial charge on any atom is -0.486 e. The van der Waals surface area contributed by atoms with Crippen LogP contribution in [0.2, 0.25) is 5.02 Å². The average Bonchev–Trinajstić information content (AvgIpc) is 3.35. The Morgan fingerprint density at radius 3 is 2.84 bits per heavy atom. The predicted molar refractivity (Wildman–Crippen MR) is 117 cm³/mol. The van der Waals surface area contributed by atoms with Gasteiger partial charge in [0.1, 0.15) is 23.8 Å². The van der Waals surface area contributed by atoms with Crippen molar-refractivity contribution in [3.8, 4) is 5.75 Å². The first-order chi connectivity index (χ1) is 14.9. The number of aromatic nitrogens is 2. The van der Waals surface area contributed by atoms with Crippen LogP contribution in [0.5, 0.6) is 5.75 Å². The van der Waals surface area contributed by atoms with Gasteiger partial charge in [0.15, 0.2) is 0 Å².